The molecule has 0 saturated carbocycles. The third-order valence-electron chi connectivity index (χ3n) is 5.45. The molecule has 7 nitrogen and oxygen atoms in total. The number of piperazine rings is 1. The van der Waals surface area contributed by atoms with Crippen LogP contribution >= 0.6 is 23.7 Å². The molecular formula is C19H25ClF3N5O2S. The molecule has 0 bridgehead atoms. The molecule has 31 heavy (non-hydrogen) atoms. The molecule has 0 unspecified atom stereocenters. The average Bonchev–Trinajstić information content (AvgIpc) is 3.17. The molecule has 2 aromatic rings. The lowest BCUT2D eigenvalue weighted by atomic mass is 10.1. The molecule has 4 rings (SSSR count). The molecule has 0 aromatic carbocycles. The zero-order chi connectivity index (χ0) is 21.3. The van der Waals surface area contributed by atoms with Gasteiger partial charge in [-0.15, -0.1) is 23.7 Å². The van der Waals surface area contributed by atoms with Crippen molar-refractivity contribution in [1.29, 1.82) is 0 Å². The van der Waals surface area contributed by atoms with Gasteiger partial charge in [0.1, 0.15) is 5.82 Å². The van der Waals surface area contributed by atoms with Crippen LogP contribution in [0.1, 0.15) is 15.9 Å². The van der Waals surface area contributed by atoms with Gasteiger partial charge in [-0.2, -0.15) is 13.2 Å². The number of morpholine rings is 1. The van der Waals surface area contributed by atoms with Crippen LogP contribution in [0, 0.1) is 0 Å². The molecule has 0 spiro atoms. The number of fused-ring (bicyclic) bond motifs is 1. The van der Waals surface area contributed by atoms with Crippen LogP contribution in [0.2, 0.25) is 0 Å². The molecule has 2 fully saturated rings. The number of nitrogens with zero attached hydrogens (tertiary/aromatic N) is 3. The SMILES string of the molecule is CNC(=O)c1csc2c(C(F)(F)F)cc(N3CCN(C[C@@H]4CNCCO4)CC3)nc12.Cl. The number of pyridine rings is 1. The van der Waals surface area contributed by atoms with Gasteiger partial charge in [0.15, 0.2) is 0 Å². The van der Waals surface area contributed by atoms with E-state index < -0.39 is 17.6 Å². The first kappa shape index (κ1) is 24.0. The third-order valence-corrected chi connectivity index (χ3v) is 6.45. The van der Waals surface area contributed by atoms with Crippen LogP contribution in [0.3, 0.4) is 0 Å². The van der Waals surface area contributed by atoms with E-state index in [-0.39, 0.29) is 40.1 Å². The van der Waals surface area contributed by atoms with Gasteiger partial charge < -0.3 is 20.3 Å². The zero-order valence-corrected chi connectivity index (χ0v) is 18.6. The minimum absolute atomic E-state index is 0. The van der Waals surface area contributed by atoms with Crippen LogP contribution in [0.25, 0.3) is 10.2 Å². The van der Waals surface area contributed by atoms with E-state index in [1.807, 2.05) is 4.90 Å². The Hall–Kier alpha value is -1.66. The minimum Gasteiger partial charge on any atom is -0.374 e. The maximum Gasteiger partial charge on any atom is 0.417 e. The summed E-state index contributed by atoms with van der Waals surface area (Å²) < 4.78 is 46.9. The fourth-order valence-electron chi connectivity index (χ4n) is 3.85. The van der Waals surface area contributed by atoms with Crippen molar-refractivity contribution in [3.05, 3.63) is 22.6 Å². The number of amides is 1. The smallest absolute Gasteiger partial charge is 0.374 e. The largest absolute Gasteiger partial charge is 0.417 e. The van der Waals surface area contributed by atoms with Crippen molar-refractivity contribution in [3.8, 4) is 0 Å². The van der Waals surface area contributed by atoms with Crippen LogP contribution in [0.15, 0.2) is 11.4 Å². The fourth-order valence-corrected chi connectivity index (χ4v) is 4.87. The van der Waals surface area contributed by atoms with Crippen LogP contribution in [-0.2, 0) is 10.9 Å². The summed E-state index contributed by atoms with van der Waals surface area (Å²) in [4.78, 5) is 20.7. The van der Waals surface area contributed by atoms with Gasteiger partial charge in [-0.1, -0.05) is 0 Å². The zero-order valence-electron chi connectivity index (χ0n) is 17.0. The molecule has 1 atom stereocenters. The van der Waals surface area contributed by atoms with Gasteiger partial charge in [-0.05, 0) is 6.07 Å². The molecule has 2 N–H and O–H groups in total. The Morgan fingerprint density at radius 3 is 2.71 bits per heavy atom. The van der Waals surface area contributed by atoms with Crippen molar-refractivity contribution in [3.63, 3.8) is 0 Å². The van der Waals surface area contributed by atoms with Crippen molar-refractivity contribution in [2.24, 2.45) is 0 Å². The second kappa shape index (κ2) is 9.86. The number of anilines is 1. The van der Waals surface area contributed by atoms with Crippen molar-refractivity contribution in [2.45, 2.75) is 12.3 Å². The summed E-state index contributed by atoms with van der Waals surface area (Å²) in [6.07, 6.45) is -4.38. The Bertz CT molecular complexity index is 912. The van der Waals surface area contributed by atoms with Crippen LogP contribution < -0.4 is 15.5 Å². The number of carbonyl (C=O) groups is 1. The first-order chi connectivity index (χ1) is 14.4. The van der Waals surface area contributed by atoms with E-state index in [4.69, 9.17) is 4.74 Å². The van der Waals surface area contributed by atoms with Crippen LogP contribution in [0.4, 0.5) is 19.0 Å². The topological polar surface area (TPSA) is 69.7 Å². The van der Waals surface area contributed by atoms with Gasteiger partial charge in [-0.3, -0.25) is 9.69 Å². The van der Waals surface area contributed by atoms with Gasteiger partial charge in [0.2, 0.25) is 0 Å². The quantitative estimate of drug-likeness (QED) is 0.701. The molecule has 0 radical (unpaired) electrons. The molecule has 1 amide bonds. The highest BCUT2D eigenvalue weighted by Crippen LogP contribution is 2.40. The highest BCUT2D eigenvalue weighted by molar-refractivity contribution is 7.17. The number of ether oxygens (including phenoxy) is 1. The molecule has 172 valence electrons. The highest BCUT2D eigenvalue weighted by atomic mass is 35.5. The third kappa shape index (κ3) is 5.23. The van der Waals surface area contributed by atoms with E-state index >= 15 is 0 Å². The summed E-state index contributed by atoms with van der Waals surface area (Å²) >= 11 is 0.896. The Morgan fingerprint density at radius 2 is 2.10 bits per heavy atom. The molecule has 2 aliphatic rings. The average molecular weight is 480 g/mol. The predicted molar refractivity (Wildman–Crippen MR) is 117 cm³/mol. The lowest BCUT2D eigenvalue weighted by Gasteiger charge is -2.37. The number of nitrogens with one attached hydrogen (secondary N) is 2. The van der Waals surface area contributed by atoms with E-state index in [0.717, 1.165) is 37.0 Å². The number of thiophene rings is 1. The second-order valence-corrected chi connectivity index (χ2v) is 8.30. The summed E-state index contributed by atoms with van der Waals surface area (Å²) in [6, 6.07) is 1.11. The van der Waals surface area contributed by atoms with Gasteiger partial charge in [-0.25, -0.2) is 4.98 Å². The first-order valence-corrected chi connectivity index (χ1v) is 10.8. The van der Waals surface area contributed by atoms with E-state index in [1.165, 1.54) is 12.4 Å². The molecular weight excluding hydrogens is 455 g/mol. The molecule has 4 heterocycles. The van der Waals surface area contributed by atoms with Crippen LogP contribution in [-0.4, -0.2) is 81.4 Å². The van der Waals surface area contributed by atoms with Crippen molar-refractivity contribution in [1.82, 2.24) is 20.5 Å². The molecule has 2 aliphatic heterocycles. The van der Waals surface area contributed by atoms with E-state index in [2.05, 4.69) is 20.5 Å². The van der Waals surface area contributed by atoms with E-state index in [1.54, 1.807) is 0 Å². The molecule has 12 heteroatoms. The van der Waals surface area contributed by atoms with Gasteiger partial charge >= 0.3 is 6.18 Å². The van der Waals surface area contributed by atoms with Crippen molar-refractivity contribution in [2.75, 3.05) is 64.4 Å². The summed E-state index contributed by atoms with van der Waals surface area (Å²) in [6.45, 7) is 5.73. The first-order valence-electron chi connectivity index (χ1n) is 9.88. The summed E-state index contributed by atoms with van der Waals surface area (Å²) in [7, 11) is 1.45. The Balaban J connectivity index is 0.00000272. The molecule has 2 aromatic heterocycles. The number of aromatic nitrogens is 1. The Kier molecular flexibility index (Phi) is 7.63. The van der Waals surface area contributed by atoms with Crippen LogP contribution in [0.5, 0.6) is 0 Å². The summed E-state index contributed by atoms with van der Waals surface area (Å²) in [5.74, 6) is -0.182. The maximum absolute atomic E-state index is 13.7. The summed E-state index contributed by atoms with van der Waals surface area (Å²) in [5.41, 5.74) is -0.467. The number of hydrogen-bond donors (Lipinski definition) is 2. The minimum atomic E-state index is -4.52. The lowest BCUT2D eigenvalue weighted by Crippen LogP contribution is -2.52. The number of hydrogen-bond acceptors (Lipinski definition) is 7. The monoisotopic (exact) mass is 479 g/mol. The molecule has 2 saturated heterocycles. The maximum atomic E-state index is 13.7. The van der Waals surface area contributed by atoms with Gasteiger partial charge in [0.25, 0.3) is 5.91 Å². The Morgan fingerprint density at radius 1 is 1.35 bits per heavy atom. The highest BCUT2D eigenvalue weighted by Gasteiger charge is 2.36. The standard InChI is InChI=1S/C19H24F3N5O2S.ClH/c1-23-18(28)13-11-30-17-14(19(20,21)22)8-15(25-16(13)17)27-5-3-26(4-6-27)10-12-9-24-2-7-29-12;/h8,11-12,24H,2-7,9-10H2,1H3,(H,23,28);1H/t12-;/m0./s1. The Labute approximate surface area is 188 Å². The second-order valence-electron chi connectivity index (χ2n) is 7.42. The number of carbonyl (C=O) groups excluding carboxylic acids is 1. The molecule has 0 aliphatic carbocycles. The number of rotatable bonds is 4. The number of halogens is 4. The lowest BCUT2D eigenvalue weighted by molar-refractivity contribution is -0.136. The van der Waals surface area contributed by atoms with E-state index in [9.17, 15) is 18.0 Å². The van der Waals surface area contributed by atoms with Crippen molar-refractivity contribution < 1.29 is 22.7 Å². The summed E-state index contributed by atoms with van der Waals surface area (Å²) in [5, 5.41) is 7.21. The van der Waals surface area contributed by atoms with Gasteiger partial charge in [0.05, 0.1) is 34.1 Å². The number of alkyl halides is 3. The fraction of sp³-hybridized carbons (Fsp3) is 0.579. The predicted octanol–water partition coefficient (Wildman–Crippen LogP) is 2.21. The van der Waals surface area contributed by atoms with E-state index in [0.29, 0.717) is 32.8 Å². The van der Waals surface area contributed by atoms with Crippen molar-refractivity contribution >= 4 is 45.7 Å². The normalized spacial score (nSPS) is 20.5. The van der Waals surface area contributed by atoms with Gasteiger partial charge in [0, 0.05) is 58.2 Å².